The van der Waals surface area contributed by atoms with Crippen molar-refractivity contribution in [3.05, 3.63) is 58.7 Å². The minimum atomic E-state index is -2.12. The summed E-state index contributed by atoms with van der Waals surface area (Å²) in [5.41, 5.74) is 0. The zero-order valence-corrected chi connectivity index (χ0v) is 18.7. The van der Waals surface area contributed by atoms with Crippen molar-refractivity contribution in [3.8, 4) is 11.5 Å². The van der Waals surface area contributed by atoms with Crippen LogP contribution in [0.5, 0.6) is 11.5 Å². The van der Waals surface area contributed by atoms with E-state index in [-0.39, 0.29) is 51.8 Å². The van der Waals surface area contributed by atoms with Crippen LogP contribution in [0.15, 0.2) is 12.1 Å². The highest BCUT2D eigenvalue weighted by Gasteiger charge is 2.22. The van der Waals surface area contributed by atoms with Gasteiger partial charge in [-0.1, -0.05) is 0 Å². The van der Waals surface area contributed by atoms with Gasteiger partial charge < -0.3 is 23.7 Å². The second kappa shape index (κ2) is 14.4. The summed E-state index contributed by atoms with van der Waals surface area (Å²) in [6.07, 6.45) is -0.833. The normalized spacial score (nSPS) is 11.0. The molecule has 2 aromatic carbocycles. The van der Waals surface area contributed by atoms with Gasteiger partial charge in [-0.05, 0) is 0 Å². The molecule has 0 atom stereocenters. The van der Waals surface area contributed by atoms with Gasteiger partial charge in [0, 0.05) is 12.1 Å². The zero-order valence-electron chi connectivity index (χ0n) is 18.7. The summed E-state index contributed by atoms with van der Waals surface area (Å²) < 4.78 is 129. The highest BCUT2D eigenvalue weighted by atomic mass is 19.2. The van der Waals surface area contributed by atoms with Gasteiger partial charge in [0.15, 0.2) is 34.8 Å². The fraction of sp³-hybridized carbons (Fsp3) is 0.364. The van der Waals surface area contributed by atoms with Gasteiger partial charge in [-0.15, -0.1) is 0 Å². The van der Waals surface area contributed by atoms with E-state index in [1.807, 2.05) is 0 Å². The van der Waals surface area contributed by atoms with Gasteiger partial charge in [-0.2, -0.15) is 8.78 Å². The summed E-state index contributed by atoms with van der Waals surface area (Å²) in [4.78, 5) is 23.1. The van der Waals surface area contributed by atoms with E-state index in [2.05, 4.69) is 9.47 Å². The summed E-state index contributed by atoms with van der Waals surface area (Å²) in [7, 11) is 0. The summed E-state index contributed by atoms with van der Waals surface area (Å²) in [6.45, 7) is -0.322. The first-order chi connectivity index (χ1) is 17.5. The van der Waals surface area contributed by atoms with Crippen molar-refractivity contribution in [1.82, 2.24) is 0 Å². The van der Waals surface area contributed by atoms with E-state index < -0.39 is 82.8 Å². The molecule has 15 heteroatoms. The number of benzene rings is 2. The number of hydrogen-bond donors (Lipinski definition) is 0. The van der Waals surface area contributed by atoms with Gasteiger partial charge in [0.2, 0.25) is 23.3 Å². The molecular weight excluding hydrogens is 528 g/mol. The number of carbonyl (C=O) groups is 2. The second-order valence-electron chi connectivity index (χ2n) is 6.88. The molecular formula is C22H18F8O7. The molecule has 0 spiro atoms. The highest BCUT2D eigenvalue weighted by molar-refractivity contribution is 5.73. The molecule has 2 rings (SSSR count). The topological polar surface area (TPSA) is 80.3 Å². The van der Waals surface area contributed by atoms with Crippen molar-refractivity contribution in [2.45, 2.75) is 12.8 Å². The van der Waals surface area contributed by atoms with Crippen molar-refractivity contribution in [3.63, 3.8) is 0 Å². The van der Waals surface area contributed by atoms with Gasteiger partial charge >= 0.3 is 11.9 Å². The summed E-state index contributed by atoms with van der Waals surface area (Å²) in [5.74, 6) is -19.9. The first kappa shape index (κ1) is 29.9. The molecule has 2 aromatic rings. The van der Waals surface area contributed by atoms with E-state index in [1.165, 1.54) is 0 Å². The van der Waals surface area contributed by atoms with E-state index >= 15 is 0 Å². The molecule has 0 bridgehead atoms. The lowest BCUT2D eigenvalue weighted by molar-refractivity contribution is -0.136. The monoisotopic (exact) mass is 546 g/mol. The van der Waals surface area contributed by atoms with Crippen molar-refractivity contribution in [2.24, 2.45) is 0 Å². The Morgan fingerprint density at radius 1 is 0.486 bits per heavy atom. The number of rotatable bonds is 14. The third-order valence-corrected chi connectivity index (χ3v) is 4.23. The molecule has 0 unspecified atom stereocenters. The Morgan fingerprint density at radius 3 is 1.16 bits per heavy atom. The van der Waals surface area contributed by atoms with Crippen LogP contribution in [0.1, 0.15) is 12.8 Å². The predicted molar refractivity (Wildman–Crippen MR) is 106 cm³/mol. The summed E-state index contributed by atoms with van der Waals surface area (Å²) in [6, 6.07) is 0.387. The van der Waals surface area contributed by atoms with Crippen LogP contribution in [-0.2, 0) is 23.8 Å². The molecule has 204 valence electrons. The molecule has 0 N–H and O–H groups in total. The number of carbonyl (C=O) groups excluding carboxylic acids is 2. The Kier molecular flexibility index (Phi) is 11.7. The van der Waals surface area contributed by atoms with E-state index in [9.17, 15) is 44.7 Å². The lowest BCUT2D eigenvalue weighted by Gasteiger charge is -2.09. The molecule has 0 saturated heterocycles. The maximum absolute atomic E-state index is 13.4. The van der Waals surface area contributed by atoms with Gasteiger partial charge in [-0.25, -0.2) is 26.3 Å². The fourth-order valence-corrected chi connectivity index (χ4v) is 2.45. The standard InChI is InChI=1S/C22H18F8O7/c23-11-9-13(19(27)21(29)17(11)25)36-15(31)1-3-33-5-7-35-8-6-34-4-2-16(32)37-14-10-12(24)18(26)22(30)20(14)28/h9-10H,1-8H2. The molecule has 0 aromatic heterocycles. The van der Waals surface area contributed by atoms with Crippen LogP contribution < -0.4 is 9.47 Å². The molecule has 0 fully saturated rings. The lowest BCUT2D eigenvalue weighted by atomic mass is 10.3. The van der Waals surface area contributed by atoms with Gasteiger partial charge in [0.25, 0.3) is 0 Å². The lowest BCUT2D eigenvalue weighted by Crippen LogP contribution is -2.16. The number of ether oxygens (including phenoxy) is 5. The molecule has 0 heterocycles. The van der Waals surface area contributed by atoms with Crippen LogP contribution in [0.4, 0.5) is 35.1 Å². The zero-order chi connectivity index (χ0) is 27.5. The first-order valence-electron chi connectivity index (χ1n) is 10.3. The Balaban J connectivity index is 1.51. The smallest absolute Gasteiger partial charge is 0.313 e. The fourth-order valence-electron chi connectivity index (χ4n) is 2.45. The van der Waals surface area contributed by atoms with Crippen molar-refractivity contribution >= 4 is 11.9 Å². The molecule has 0 radical (unpaired) electrons. The van der Waals surface area contributed by atoms with Crippen molar-refractivity contribution < 1.29 is 68.4 Å². The first-order valence-corrected chi connectivity index (χ1v) is 10.3. The molecule has 37 heavy (non-hydrogen) atoms. The maximum atomic E-state index is 13.4. The predicted octanol–water partition coefficient (Wildman–Crippen LogP) is 4.14. The summed E-state index contributed by atoms with van der Waals surface area (Å²) >= 11 is 0. The minimum absolute atomic E-state index is 0.00409. The molecule has 0 saturated carbocycles. The quantitative estimate of drug-likeness (QED) is 0.0881. The van der Waals surface area contributed by atoms with Gasteiger partial charge in [-0.3, -0.25) is 9.59 Å². The van der Waals surface area contributed by atoms with Crippen LogP contribution in [0.25, 0.3) is 0 Å². The van der Waals surface area contributed by atoms with Gasteiger partial charge in [0.1, 0.15) is 0 Å². The minimum Gasteiger partial charge on any atom is -0.423 e. The second-order valence-corrected chi connectivity index (χ2v) is 6.88. The maximum Gasteiger partial charge on any atom is 0.313 e. The molecule has 0 aliphatic heterocycles. The molecule has 0 aliphatic carbocycles. The van der Waals surface area contributed by atoms with E-state index in [1.54, 1.807) is 0 Å². The van der Waals surface area contributed by atoms with E-state index in [0.29, 0.717) is 0 Å². The largest absolute Gasteiger partial charge is 0.423 e. The molecule has 0 amide bonds. The SMILES string of the molecule is O=C(CCOCCOCCOCCC(=O)Oc1cc(F)c(F)c(F)c1F)Oc1cc(F)c(F)c(F)c1F. The average Bonchev–Trinajstić information content (AvgIpc) is 2.86. The Morgan fingerprint density at radius 2 is 0.811 bits per heavy atom. The third kappa shape index (κ3) is 8.94. The van der Waals surface area contributed by atoms with Crippen LogP contribution in [-0.4, -0.2) is 51.6 Å². The van der Waals surface area contributed by atoms with Crippen LogP contribution in [0.2, 0.25) is 0 Å². The summed E-state index contributed by atoms with van der Waals surface area (Å²) in [5, 5.41) is 0. The Labute approximate surface area is 203 Å². The number of esters is 2. The Hall–Kier alpha value is -3.30. The number of hydrogen-bond acceptors (Lipinski definition) is 7. The highest BCUT2D eigenvalue weighted by Crippen LogP contribution is 2.26. The average molecular weight is 546 g/mol. The van der Waals surface area contributed by atoms with Crippen molar-refractivity contribution in [2.75, 3.05) is 39.6 Å². The van der Waals surface area contributed by atoms with Crippen LogP contribution in [0.3, 0.4) is 0 Å². The Bertz CT molecular complexity index is 1030. The van der Waals surface area contributed by atoms with Crippen LogP contribution >= 0.6 is 0 Å². The molecule has 7 nitrogen and oxygen atoms in total. The van der Waals surface area contributed by atoms with Crippen molar-refractivity contribution in [1.29, 1.82) is 0 Å². The van der Waals surface area contributed by atoms with E-state index in [0.717, 1.165) is 0 Å². The third-order valence-electron chi connectivity index (χ3n) is 4.23. The van der Waals surface area contributed by atoms with Crippen LogP contribution in [0, 0.1) is 46.5 Å². The molecule has 0 aliphatic rings. The number of halogens is 8. The van der Waals surface area contributed by atoms with Gasteiger partial charge in [0.05, 0.1) is 52.5 Å². The van der Waals surface area contributed by atoms with E-state index in [4.69, 9.17) is 14.2 Å².